The van der Waals surface area contributed by atoms with Crippen LogP contribution in [0.25, 0.3) is 22.6 Å². The molecule has 4 aromatic rings. The van der Waals surface area contributed by atoms with Crippen molar-refractivity contribution in [3.8, 4) is 22.6 Å². The fourth-order valence-electron chi connectivity index (χ4n) is 2.86. The minimum Gasteiger partial charge on any atom is -0.302 e. The Labute approximate surface area is 201 Å². The van der Waals surface area contributed by atoms with Gasteiger partial charge in [0.2, 0.25) is 5.91 Å². The van der Waals surface area contributed by atoms with E-state index < -0.39 is 0 Å². The Hall–Kier alpha value is -2.20. The first-order valence-corrected chi connectivity index (χ1v) is 12.4. The van der Waals surface area contributed by atoms with E-state index in [9.17, 15) is 4.79 Å². The molecule has 0 spiro atoms. The van der Waals surface area contributed by atoms with Crippen molar-refractivity contribution in [2.75, 3.05) is 11.1 Å². The lowest BCUT2D eigenvalue weighted by Gasteiger charge is -2.07. The number of halogens is 2. The van der Waals surface area contributed by atoms with Gasteiger partial charge in [0.15, 0.2) is 16.1 Å². The Bertz CT molecular complexity index is 1190. The summed E-state index contributed by atoms with van der Waals surface area (Å²) in [7, 11) is 0. The highest BCUT2D eigenvalue weighted by Crippen LogP contribution is 2.27. The molecule has 0 aliphatic carbocycles. The number of hydrogen-bond donors (Lipinski definition) is 1. The second-order valence-electron chi connectivity index (χ2n) is 6.44. The summed E-state index contributed by atoms with van der Waals surface area (Å²) in [5, 5.41) is 15.3. The minimum absolute atomic E-state index is 0.141. The molecule has 2 aromatic carbocycles. The van der Waals surface area contributed by atoms with E-state index in [2.05, 4.69) is 36.4 Å². The smallest absolute Gasteiger partial charge is 0.236 e. The van der Waals surface area contributed by atoms with Crippen LogP contribution in [-0.2, 0) is 11.3 Å². The van der Waals surface area contributed by atoms with Gasteiger partial charge in [0.05, 0.1) is 11.4 Å². The maximum absolute atomic E-state index is 12.4. The van der Waals surface area contributed by atoms with Gasteiger partial charge in [-0.25, -0.2) is 4.98 Å². The molecule has 2 heterocycles. The first-order chi connectivity index (χ1) is 15.0. The summed E-state index contributed by atoms with van der Waals surface area (Å²) in [4.78, 5) is 16.9. The van der Waals surface area contributed by atoms with Gasteiger partial charge in [-0.3, -0.25) is 4.79 Å². The number of carbonyl (C=O) groups is 1. The molecule has 0 atom stereocenters. The molecule has 0 radical (unpaired) electrons. The molecule has 10 heteroatoms. The second kappa shape index (κ2) is 9.95. The normalized spacial score (nSPS) is 10.9. The molecule has 0 unspecified atom stereocenters. The number of rotatable bonds is 7. The average Bonchev–Trinajstić information content (AvgIpc) is 3.40. The lowest BCUT2D eigenvalue weighted by molar-refractivity contribution is -0.113. The van der Waals surface area contributed by atoms with Crippen molar-refractivity contribution >= 4 is 61.7 Å². The summed E-state index contributed by atoms with van der Waals surface area (Å²) in [6, 6.07) is 15.4. The Balaban J connectivity index is 1.39. The quantitative estimate of drug-likeness (QED) is 0.284. The number of aromatic nitrogens is 4. The number of thioether (sulfide) groups is 1. The molecule has 1 amide bonds. The predicted molar refractivity (Wildman–Crippen MR) is 131 cm³/mol. The van der Waals surface area contributed by atoms with E-state index >= 15 is 0 Å². The highest BCUT2D eigenvalue weighted by atomic mass is 79.9. The number of anilines is 1. The molecule has 0 fully saturated rings. The third-order valence-corrected chi connectivity index (χ3v) is 6.86. The van der Waals surface area contributed by atoms with Crippen LogP contribution in [0.15, 0.2) is 63.5 Å². The number of nitrogens with one attached hydrogen (secondary N) is 1. The number of amides is 1. The lowest BCUT2D eigenvalue weighted by atomic mass is 10.2. The summed E-state index contributed by atoms with van der Waals surface area (Å²) in [6.45, 7) is 2.74. The van der Waals surface area contributed by atoms with Gasteiger partial charge in [-0.2, -0.15) is 0 Å². The molecule has 2 aromatic heterocycles. The van der Waals surface area contributed by atoms with Crippen LogP contribution in [0.4, 0.5) is 5.13 Å². The molecule has 0 saturated heterocycles. The van der Waals surface area contributed by atoms with Gasteiger partial charge in [-0.1, -0.05) is 63.6 Å². The zero-order valence-electron chi connectivity index (χ0n) is 16.4. The zero-order valence-corrected chi connectivity index (χ0v) is 20.4. The molecule has 0 bridgehead atoms. The van der Waals surface area contributed by atoms with Crippen LogP contribution in [0.3, 0.4) is 0 Å². The molecule has 1 N–H and O–H groups in total. The van der Waals surface area contributed by atoms with Gasteiger partial charge >= 0.3 is 0 Å². The summed E-state index contributed by atoms with van der Waals surface area (Å²) < 4.78 is 3.01. The van der Waals surface area contributed by atoms with E-state index in [-0.39, 0.29) is 11.7 Å². The summed E-state index contributed by atoms with van der Waals surface area (Å²) in [5.41, 5.74) is 2.73. The molecule has 0 aliphatic heterocycles. The maximum Gasteiger partial charge on any atom is 0.236 e. The highest BCUT2D eigenvalue weighted by molar-refractivity contribution is 9.10. The van der Waals surface area contributed by atoms with Crippen molar-refractivity contribution in [1.29, 1.82) is 0 Å². The van der Waals surface area contributed by atoms with Crippen LogP contribution >= 0.6 is 50.6 Å². The lowest BCUT2D eigenvalue weighted by Crippen LogP contribution is -2.14. The van der Waals surface area contributed by atoms with Crippen LogP contribution in [0.1, 0.15) is 6.92 Å². The third kappa shape index (κ3) is 5.35. The van der Waals surface area contributed by atoms with Crippen molar-refractivity contribution in [3.63, 3.8) is 0 Å². The monoisotopic (exact) mass is 533 g/mol. The van der Waals surface area contributed by atoms with Crippen molar-refractivity contribution in [2.24, 2.45) is 0 Å². The first kappa shape index (κ1) is 22.0. The second-order valence-corrected chi connectivity index (χ2v) is 9.59. The Morgan fingerprint density at radius 2 is 1.84 bits per heavy atom. The predicted octanol–water partition coefficient (Wildman–Crippen LogP) is 6.24. The number of hydrogen-bond acceptors (Lipinski definition) is 6. The van der Waals surface area contributed by atoms with Crippen molar-refractivity contribution in [1.82, 2.24) is 19.7 Å². The van der Waals surface area contributed by atoms with Crippen LogP contribution in [0.5, 0.6) is 0 Å². The molecule has 4 rings (SSSR count). The fourth-order valence-corrected chi connectivity index (χ4v) is 4.79. The van der Waals surface area contributed by atoms with Crippen molar-refractivity contribution in [3.05, 3.63) is 63.4 Å². The van der Waals surface area contributed by atoms with Gasteiger partial charge in [-0.15, -0.1) is 21.5 Å². The van der Waals surface area contributed by atoms with Crippen LogP contribution in [0, 0.1) is 0 Å². The molecule has 6 nitrogen and oxygen atoms in total. The summed E-state index contributed by atoms with van der Waals surface area (Å²) >= 11 is 12.1. The van der Waals surface area contributed by atoms with Crippen molar-refractivity contribution < 1.29 is 4.79 Å². The molecular weight excluding hydrogens is 518 g/mol. The largest absolute Gasteiger partial charge is 0.302 e. The summed E-state index contributed by atoms with van der Waals surface area (Å²) in [5.74, 6) is 0.859. The van der Waals surface area contributed by atoms with Crippen LogP contribution in [0.2, 0.25) is 5.02 Å². The first-order valence-electron chi connectivity index (χ1n) is 9.36. The number of benzene rings is 2. The number of carbonyl (C=O) groups excluding carboxylic acids is 1. The van der Waals surface area contributed by atoms with Gasteiger partial charge < -0.3 is 9.88 Å². The minimum atomic E-state index is -0.141. The van der Waals surface area contributed by atoms with Crippen LogP contribution in [-0.4, -0.2) is 31.4 Å². The van der Waals surface area contributed by atoms with E-state index in [4.69, 9.17) is 11.6 Å². The zero-order chi connectivity index (χ0) is 21.8. The average molecular weight is 535 g/mol. The fraction of sp³-hybridized carbons (Fsp3) is 0.143. The van der Waals surface area contributed by atoms with Crippen molar-refractivity contribution in [2.45, 2.75) is 18.6 Å². The van der Waals surface area contributed by atoms with E-state index in [1.807, 2.05) is 65.4 Å². The number of thiazole rings is 1. The van der Waals surface area contributed by atoms with Gasteiger partial charge in [-0.05, 0) is 31.2 Å². The molecule has 158 valence electrons. The molecule has 0 aliphatic rings. The van der Waals surface area contributed by atoms with E-state index in [1.165, 1.54) is 23.1 Å². The standard InChI is InChI=1S/C21H17BrClN5OS2/c1-2-28-19(14-3-7-15(22)8-4-14)26-27-21(28)31-12-18(29)25-20-24-17(11-30-20)13-5-9-16(23)10-6-13/h3-11H,2,12H2,1H3,(H,24,25,29). The van der Waals surface area contributed by atoms with Gasteiger partial charge in [0.1, 0.15) is 0 Å². The molecule has 31 heavy (non-hydrogen) atoms. The maximum atomic E-state index is 12.4. The Morgan fingerprint density at radius 1 is 1.13 bits per heavy atom. The van der Waals surface area contributed by atoms with E-state index in [1.54, 1.807) is 0 Å². The molecular formula is C21H17BrClN5OS2. The third-order valence-electron chi connectivity index (χ3n) is 4.36. The number of nitrogens with zero attached hydrogens (tertiary/aromatic N) is 4. The van der Waals surface area contributed by atoms with E-state index in [0.29, 0.717) is 21.9 Å². The SMILES string of the molecule is CCn1c(SCC(=O)Nc2nc(-c3ccc(Cl)cc3)cs2)nnc1-c1ccc(Br)cc1. The molecule has 0 saturated carbocycles. The Morgan fingerprint density at radius 3 is 2.55 bits per heavy atom. The van der Waals surface area contributed by atoms with Gasteiger partial charge in [0, 0.05) is 32.5 Å². The van der Waals surface area contributed by atoms with Gasteiger partial charge in [0.25, 0.3) is 0 Å². The highest BCUT2D eigenvalue weighted by Gasteiger charge is 2.15. The topological polar surface area (TPSA) is 72.7 Å². The van der Waals surface area contributed by atoms with E-state index in [0.717, 1.165) is 27.1 Å². The van der Waals surface area contributed by atoms with Crippen LogP contribution < -0.4 is 5.32 Å². The summed E-state index contributed by atoms with van der Waals surface area (Å²) in [6.07, 6.45) is 0. The Kier molecular flexibility index (Phi) is 7.06.